The third kappa shape index (κ3) is 4.33. The van der Waals surface area contributed by atoms with Crippen molar-refractivity contribution < 1.29 is 23.8 Å². The average Bonchev–Trinajstić information content (AvgIpc) is 3.17. The number of amides is 3. The molecule has 2 heterocycles. The van der Waals surface area contributed by atoms with Crippen molar-refractivity contribution >= 4 is 11.9 Å². The lowest BCUT2D eigenvalue weighted by molar-refractivity contribution is -0.125. The first kappa shape index (κ1) is 22.5. The topological polar surface area (TPSA) is 80.3 Å². The SMILES string of the molecule is CCOc1ccc(C2NC(=O)N(C)C3=C2C(=O)N(CCc2ccc(OC)c(OC)c2)C3)cc1. The van der Waals surface area contributed by atoms with Crippen molar-refractivity contribution in [3.63, 3.8) is 0 Å². The van der Waals surface area contributed by atoms with Gasteiger partial charge in [-0.3, -0.25) is 9.69 Å². The highest BCUT2D eigenvalue weighted by Gasteiger charge is 2.42. The zero-order valence-corrected chi connectivity index (χ0v) is 19.4. The third-order valence-corrected chi connectivity index (χ3v) is 6.08. The monoisotopic (exact) mass is 451 g/mol. The summed E-state index contributed by atoms with van der Waals surface area (Å²) in [7, 11) is 4.90. The van der Waals surface area contributed by atoms with E-state index in [0.29, 0.717) is 43.2 Å². The van der Waals surface area contributed by atoms with E-state index in [1.54, 1.807) is 26.2 Å². The van der Waals surface area contributed by atoms with Crippen LogP contribution in [0, 0.1) is 0 Å². The number of likely N-dealkylation sites (N-methyl/N-ethyl adjacent to an activating group) is 1. The highest BCUT2D eigenvalue weighted by atomic mass is 16.5. The summed E-state index contributed by atoms with van der Waals surface area (Å²) in [6.07, 6.45) is 0.658. The Bertz CT molecular complexity index is 1080. The summed E-state index contributed by atoms with van der Waals surface area (Å²) in [5, 5.41) is 2.97. The molecule has 8 heteroatoms. The first-order valence-corrected chi connectivity index (χ1v) is 11.0. The standard InChI is InChI=1S/C25H29N3O5/c1-5-33-18-9-7-17(8-10-18)23-22-19(27(2)25(30)26-23)15-28(24(22)29)13-12-16-6-11-20(31-3)21(14-16)32-4/h6-11,14,23H,5,12-13,15H2,1-4H3,(H,26,30). The highest BCUT2D eigenvalue weighted by Crippen LogP contribution is 2.36. The summed E-state index contributed by atoms with van der Waals surface area (Å²) < 4.78 is 16.2. The van der Waals surface area contributed by atoms with Gasteiger partial charge in [0.05, 0.1) is 44.7 Å². The summed E-state index contributed by atoms with van der Waals surface area (Å²) in [5.41, 5.74) is 3.25. The fraction of sp³-hybridized carbons (Fsp3) is 0.360. The van der Waals surface area contributed by atoms with Gasteiger partial charge in [0, 0.05) is 13.6 Å². The molecule has 8 nitrogen and oxygen atoms in total. The average molecular weight is 452 g/mol. The van der Waals surface area contributed by atoms with Crippen LogP contribution in [0.4, 0.5) is 4.79 Å². The molecule has 3 amide bonds. The molecule has 1 atom stereocenters. The van der Waals surface area contributed by atoms with E-state index in [1.807, 2.05) is 49.4 Å². The molecular formula is C25H29N3O5. The van der Waals surface area contributed by atoms with E-state index < -0.39 is 6.04 Å². The van der Waals surface area contributed by atoms with Gasteiger partial charge in [-0.25, -0.2) is 4.79 Å². The highest BCUT2D eigenvalue weighted by molar-refractivity contribution is 6.01. The van der Waals surface area contributed by atoms with Gasteiger partial charge in [0.15, 0.2) is 11.5 Å². The van der Waals surface area contributed by atoms with E-state index in [2.05, 4.69) is 5.32 Å². The first-order valence-electron chi connectivity index (χ1n) is 11.0. The van der Waals surface area contributed by atoms with Crippen LogP contribution in [-0.4, -0.2) is 62.7 Å². The molecule has 2 aliphatic heterocycles. The molecule has 174 valence electrons. The second kappa shape index (κ2) is 9.44. The molecule has 2 aromatic carbocycles. The lowest BCUT2D eigenvalue weighted by Gasteiger charge is -2.31. The molecule has 1 unspecified atom stereocenters. The van der Waals surface area contributed by atoms with Crippen LogP contribution in [-0.2, 0) is 11.2 Å². The van der Waals surface area contributed by atoms with E-state index in [0.717, 1.165) is 22.6 Å². The van der Waals surface area contributed by atoms with Gasteiger partial charge in [0.1, 0.15) is 5.75 Å². The molecule has 0 aromatic heterocycles. The van der Waals surface area contributed by atoms with E-state index in [4.69, 9.17) is 14.2 Å². The number of rotatable bonds is 8. The maximum Gasteiger partial charge on any atom is 0.322 e. The smallest absolute Gasteiger partial charge is 0.322 e. The third-order valence-electron chi connectivity index (χ3n) is 6.08. The zero-order chi connectivity index (χ0) is 23.5. The van der Waals surface area contributed by atoms with E-state index in [-0.39, 0.29) is 11.9 Å². The first-order chi connectivity index (χ1) is 16.0. The molecule has 2 aromatic rings. The van der Waals surface area contributed by atoms with Crippen LogP contribution in [0.5, 0.6) is 17.2 Å². The van der Waals surface area contributed by atoms with Crippen molar-refractivity contribution in [2.75, 3.05) is 41.0 Å². The largest absolute Gasteiger partial charge is 0.494 e. The number of hydrogen-bond donors (Lipinski definition) is 1. The summed E-state index contributed by atoms with van der Waals surface area (Å²) >= 11 is 0. The number of nitrogens with one attached hydrogen (secondary N) is 1. The Labute approximate surface area is 193 Å². The normalized spacial score (nSPS) is 17.8. The maximum atomic E-state index is 13.4. The summed E-state index contributed by atoms with van der Waals surface area (Å²) in [4.78, 5) is 29.4. The molecule has 0 spiro atoms. The minimum atomic E-state index is -0.488. The number of hydrogen-bond acceptors (Lipinski definition) is 5. The van der Waals surface area contributed by atoms with E-state index in [9.17, 15) is 9.59 Å². The Morgan fingerprint density at radius 3 is 2.42 bits per heavy atom. The Morgan fingerprint density at radius 2 is 1.76 bits per heavy atom. The van der Waals surface area contributed by atoms with Gasteiger partial charge < -0.3 is 24.4 Å². The fourth-order valence-electron chi connectivity index (χ4n) is 4.28. The number of nitrogens with zero attached hydrogens (tertiary/aromatic N) is 2. The molecular weight excluding hydrogens is 422 g/mol. The van der Waals surface area contributed by atoms with Crippen LogP contribution in [0.1, 0.15) is 24.1 Å². The van der Waals surface area contributed by atoms with Crippen LogP contribution in [0.2, 0.25) is 0 Å². The molecule has 0 saturated heterocycles. The lowest BCUT2D eigenvalue weighted by atomic mass is 9.95. The van der Waals surface area contributed by atoms with Crippen molar-refractivity contribution in [3.05, 3.63) is 64.9 Å². The minimum Gasteiger partial charge on any atom is -0.494 e. The molecule has 33 heavy (non-hydrogen) atoms. The predicted octanol–water partition coefficient (Wildman–Crippen LogP) is 3.14. The van der Waals surface area contributed by atoms with Crippen molar-refractivity contribution in [2.45, 2.75) is 19.4 Å². The van der Waals surface area contributed by atoms with Crippen molar-refractivity contribution in [1.29, 1.82) is 0 Å². The fourth-order valence-corrected chi connectivity index (χ4v) is 4.28. The number of methoxy groups -OCH3 is 2. The van der Waals surface area contributed by atoms with Crippen LogP contribution >= 0.6 is 0 Å². The maximum absolute atomic E-state index is 13.4. The van der Waals surface area contributed by atoms with Gasteiger partial charge in [-0.2, -0.15) is 0 Å². The van der Waals surface area contributed by atoms with Crippen molar-refractivity contribution in [1.82, 2.24) is 15.1 Å². The summed E-state index contributed by atoms with van der Waals surface area (Å²) in [6.45, 7) is 3.43. The molecule has 0 saturated carbocycles. The quantitative estimate of drug-likeness (QED) is 0.667. The van der Waals surface area contributed by atoms with Crippen molar-refractivity contribution in [3.8, 4) is 17.2 Å². The van der Waals surface area contributed by atoms with E-state index in [1.165, 1.54) is 4.90 Å². The number of carbonyl (C=O) groups is 2. The number of ether oxygens (including phenoxy) is 3. The molecule has 0 fully saturated rings. The molecule has 0 radical (unpaired) electrons. The van der Waals surface area contributed by atoms with Gasteiger partial charge >= 0.3 is 6.03 Å². The Kier molecular flexibility index (Phi) is 6.44. The number of carbonyl (C=O) groups excluding carboxylic acids is 2. The molecule has 2 aliphatic rings. The molecule has 4 rings (SSSR count). The van der Waals surface area contributed by atoms with Crippen LogP contribution in [0.3, 0.4) is 0 Å². The van der Waals surface area contributed by atoms with Crippen LogP contribution in [0.15, 0.2) is 53.7 Å². The number of urea groups is 1. The summed E-state index contributed by atoms with van der Waals surface area (Å²) in [6, 6.07) is 12.6. The second-order valence-electron chi connectivity index (χ2n) is 7.97. The van der Waals surface area contributed by atoms with Gasteiger partial charge in [-0.1, -0.05) is 18.2 Å². The van der Waals surface area contributed by atoms with E-state index >= 15 is 0 Å². The summed E-state index contributed by atoms with van der Waals surface area (Å²) in [5.74, 6) is 2.02. The number of benzene rings is 2. The second-order valence-corrected chi connectivity index (χ2v) is 7.97. The molecule has 0 aliphatic carbocycles. The Hall–Kier alpha value is -3.68. The Morgan fingerprint density at radius 1 is 1.03 bits per heavy atom. The minimum absolute atomic E-state index is 0.0591. The van der Waals surface area contributed by atoms with Gasteiger partial charge in [-0.05, 0) is 48.7 Å². The van der Waals surface area contributed by atoms with Gasteiger partial charge in [-0.15, -0.1) is 0 Å². The van der Waals surface area contributed by atoms with Crippen LogP contribution in [0.25, 0.3) is 0 Å². The van der Waals surface area contributed by atoms with Crippen molar-refractivity contribution in [2.24, 2.45) is 0 Å². The predicted molar refractivity (Wildman–Crippen MR) is 124 cm³/mol. The Balaban J connectivity index is 1.53. The van der Waals surface area contributed by atoms with Gasteiger partial charge in [0.2, 0.25) is 0 Å². The molecule has 1 N–H and O–H groups in total. The van der Waals surface area contributed by atoms with Crippen LogP contribution < -0.4 is 19.5 Å². The zero-order valence-electron chi connectivity index (χ0n) is 19.4. The van der Waals surface area contributed by atoms with Gasteiger partial charge in [0.25, 0.3) is 5.91 Å². The molecule has 0 bridgehead atoms. The lowest BCUT2D eigenvalue weighted by Crippen LogP contribution is -2.45.